The summed E-state index contributed by atoms with van der Waals surface area (Å²) in [6.45, 7) is 34.5. The molecule has 27 heteroatoms. The van der Waals surface area contributed by atoms with E-state index in [-0.39, 0.29) is 80.2 Å². The average molecular weight is 1260 g/mol. The maximum absolute atomic E-state index is 12.1. The van der Waals surface area contributed by atoms with Crippen LogP contribution in [0.5, 0.6) is 0 Å². The minimum absolute atomic E-state index is 0. The second-order valence-corrected chi connectivity index (χ2v) is 32.2. The molecule has 0 bridgehead atoms. The summed E-state index contributed by atoms with van der Waals surface area (Å²) in [5.41, 5.74) is -5.33. The van der Waals surface area contributed by atoms with Gasteiger partial charge in [-0.1, -0.05) is 81.4 Å². The molecule has 0 heterocycles. The van der Waals surface area contributed by atoms with Crippen molar-refractivity contribution in [3.05, 3.63) is 34.0 Å². The van der Waals surface area contributed by atoms with Crippen LogP contribution in [-0.4, -0.2) is 184 Å². The Bertz CT molecular complexity index is 1890. The summed E-state index contributed by atoms with van der Waals surface area (Å²) in [5, 5.41) is 0. The van der Waals surface area contributed by atoms with E-state index in [0.29, 0.717) is 119 Å². The van der Waals surface area contributed by atoms with E-state index < -0.39 is 47.1 Å². The Morgan fingerprint density at radius 3 is 1.27 bits per heavy atom. The first kappa shape index (κ1) is 88.6. The first-order valence-corrected chi connectivity index (χ1v) is 36.2. The van der Waals surface area contributed by atoms with Gasteiger partial charge in [-0.3, -0.25) is 9.59 Å². The van der Waals surface area contributed by atoms with Gasteiger partial charge in [0.1, 0.15) is 16.6 Å². The second kappa shape index (κ2) is 50.9. The number of carbonyl (C=O) groups is 2. The number of nitrogens with zero attached hydrogens (tertiary/aromatic N) is 1. The van der Waals surface area contributed by atoms with Crippen LogP contribution in [0.25, 0.3) is 4.13 Å². The van der Waals surface area contributed by atoms with Crippen molar-refractivity contribution in [1.29, 1.82) is 0 Å². The number of carbonyl (C=O) groups excluding carboxylic acids is 2. The van der Waals surface area contributed by atoms with Crippen LogP contribution in [0.2, 0.25) is 38.3 Å². The number of sulfonamides is 2. The second-order valence-electron chi connectivity index (χ2n) is 19.9. The molecule has 1 aromatic carbocycles. The molecule has 1 aromatic rings. The summed E-state index contributed by atoms with van der Waals surface area (Å²) in [6.07, 6.45) is 5.81. The summed E-state index contributed by atoms with van der Waals surface area (Å²) >= 11 is 0. The fraction of sp³-hybridized carbons (Fsp3) is 0.852. The number of rotatable bonds is 45. The van der Waals surface area contributed by atoms with E-state index >= 15 is 0 Å². The minimum atomic E-state index is -6.10. The zero-order valence-corrected chi connectivity index (χ0v) is 55.9. The smallest absolute Gasteiger partial charge is 0.465 e. The van der Waals surface area contributed by atoms with Crippen molar-refractivity contribution in [1.82, 2.24) is 0 Å². The van der Waals surface area contributed by atoms with Crippen molar-refractivity contribution >= 4 is 48.6 Å². The van der Waals surface area contributed by atoms with Gasteiger partial charge in [0.05, 0.1) is 130 Å². The van der Waals surface area contributed by atoms with Crippen LogP contribution in [0.3, 0.4) is 0 Å². The third kappa shape index (κ3) is 47.7. The standard InChI is InChI=1S/C24H48O11.C17H38O3Si2.C11H13F3NO4S2.2CH4.Na/c1-4-23(2)24(25)35-22-21-34-20-19-33-18-17-32-16-15-31-14-13-30-12-11-29-10-9-28-8-7-27-6-5-26-3;1-9-11-14-21(5,6)20-22(7,8)15-12-13-19-16(18)17(3,4)10-2;1-3-8(2)9-4-6-10(7-5-9)20(16,17)15-21(18,19)11(12,13)14;;;/h23H,4-22H2,1-3H3;9-15H2,1-8H3;4-8H,3H2,1-2H3;2*1H4;/q;;-1;;;+1. The first-order valence-electron chi connectivity index (χ1n) is 27.1. The summed E-state index contributed by atoms with van der Waals surface area (Å²) in [4.78, 5) is 22.8. The first-order chi connectivity index (χ1) is 36.6. The number of halogens is 3. The summed E-state index contributed by atoms with van der Waals surface area (Å²) in [5.74, 6) is -0.187. The molecular formula is C54H107F3NNaO18S2Si2. The van der Waals surface area contributed by atoms with Gasteiger partial charge in [0, 0.05) is 12.0 Å². The van der Waals surface area contributed by atoms with Crippen molar-refractivity contribution in [2.24, 2.45) is 11.3 Å². The maximum atomic E-state index is 12.1. The van der Waals surface area contributed by atoms with Crippen LogP contribution in [0.15, 0.2) is 29.2 Å². The van der Waals surface area contributed by atoms with Crippen LogP contribution in [-0.2, 0) is 85.9 Å². The van der Waals surface area contributed by atoms with Crippen molar-refractivity contribution < 1.29 is 125 Å². The number of benzene rings is 1. The molecule has 1 rings (SSSR count). The van der Waals surface area contributed by atoms with E-state index in [4.69, 9.17) is 56.2 Å². The maximum Gasteiger partial charge on any atom is 1.00 e. The Labute approximate surface area is 512 Å². The zero-order chi connectivity index (χ0) is 59.6. The molecule has 0 radical (unpaired) electrons. The monoisotopic (exact) mass is 1260 g/mol. The Morgan fingerprint density at radius 2 is 0.938 bits per heavy atom. The van der Waals surface area contributed by atoms with E-state index in [1.165, 1.54) is 31.0 Å². The van der Waals surface area contributed by atoms with E-state index in [0.717, 1.165) is 49.4 Å². The molecule has 478 valence electrons. The summed E-state index contributed by atoms with van der Waals surface area (Å²) in [7, 11) is -12.6. The molecule has 81 heavy (non-hydrogen) atoms. The Hall–Kier alpha value is -1.16. The molecule has 0 spiro atoms. The minimum Gasteiger partial charge on any atom is -0.465 e. The van der Waals surface area contributed by atoms with E-state index in [2.05, 4.69) is 33.1 Å². The van der Waals surface area contributed by atoms with E-state index in [1.54, 1.807) is 7.11 Å². The van der Waals surface area contributed by atoms with Gasteiger partial charge >= 0.3 is 47.0 Å². The normalized spacial score (nSPS) is 12.7. The molecule has 0 aliphatic heterocycles. The third-order valence-electron chi connectivity index (χ3n) is 11.6. The van der Waals surface area contributed by atoms with Crippen LogP contribution >= 0.6 is 0 Å². The molecule has 2 atom stereocenters. The molecule has 0 aliphatic rings. The third-order valence-corrected chi connectivity index (χ3v) is 22.2. The number of esters is 2. The molecule has 19 nitrogen and oxygen atoms in total. The fourth-order valence-corrected chi connectivity index (χ4v) is 17.4. The summed E-state index contributed by atoms with van der Waals surface area (Å²) in [6, 6.07) is 7.21. The molecule has 0 amide bonds. The quantitative estimate of drug-likeness (QED) is 0.0340. The van der Waals surface area contributed by atoms with Crippen molar-refractivity contribution in [2.45, 2.75) is 163 Å². The topological polar surface area (TPSA) is 227 Å². The van der Waals surface area contributed by atoms with Gasteiger partial charge in [0.2, 0.25) is 0 Å². The van der Waals surface area contributed by atoms with Gasteiger partial charge in [-0.25, -0.2) is 16.8 Å². The van der Waals surface area contributed by atoms with Gasteiger partial charge in [-0.2, -0.15) is 13.2 Å². The summed E-state index contributed by atoms with van der Waals surface area (Å²) < 4.78 is 148. The number of methoxy groups -OCH3 is 1. The number of hydrogen-bond donors (Lipinski definition) is 0. The van der Waals surface area contributed by atoms with E-state index in [9.17, 15) is 39.6 Å². The van der Waals surface area contributed by atoms with Gasteiger partial charge in [-0.05, 0) is 101 Å². The van der Waals surface area contributed by atoms with Gasteiger partial charge in [-0.15, -0.1) is 0 Å². The largest absolute Gasteiger partial charge is 1.00 e. The molecule has 2 unspecified atom stereocenters. The zero-order valence-electron chi connectivity index (χ0n) is 50.3. The van der Waals surface area contributed by atoms with Crippen molar-refractivity contribution in [2.75, 3.05) is 133 Å². The van der Waals surface area contributed by atoms with Crippen molar-refractivity contribution in [3.63, 3.8) is 0 Å². The van der Waals surface area contributed by atoms with Gasteiger partial charge < -0.3 is 60.3 Å². The molecule has 0 aliphatic carbocycles. The number of alkyl halides is 3. The molecule has 0 fully saturated rings. The molecule has 0 saturated carbocycles. The number of hydrogen-bond acceptors (Lipinski definition) is 18. The van der Waals surface area contributed by atoms with Gasteiger partial charge in [0.25, 0.3) is 0 Å². The Balaban J connectivity index is -0.000000366. The van der Waals surface area contributed by atoms with Crippen molar-refractivity contribution in [3.8, 4) is 0 Å². The number of unbranched alkanes of at least 4 members (excludes halogenated alkanes) is 1. The van der Waals surface area contributed by atoms with Crippen LogP contribution < -0.4 is 29.6 Å². The Kier molecular flexibility index (Phi) is 55.7. The molecular weight excluding hydrogens is 1150 g/mol. The molecule has 0 saturated heterocycles. The SMILES string of the molecule is C.C.CCC(C)C(=O)OCCOCCOCCOCCOCCOCCOCCOCCOCCOC.CCC(C)c1ccc(S(=O)(=O)[N-]S(=O)(=O)C(F)(F)F)cc1.CCCC[Si](C)(C)O[Si](C)(C)CCCOC(=O)C(C)(C)CC.[Na+]. The predicted molar refractivity (Wildman–Crippen MR) is 313 cm³/mol. The predicted octanol–water partition coefficient (Wildman–Crippen LogP) is 8.33. The number of ether oxygens (including phenoxy) is 11. The van der Waals surface area contributed by atoms with Crippen LogP contribution in [0, 0.1) is 11.3 Å². The van der Waals surface area contributed by atoms with Crippen LogP contribution in [0.4, 0.5) is 13.2 Å². The molecule has 0 aromatic heterocycles. The molecule has 0 N–H and O–H groups in total. The average Bonchev–Trinajstić information content (AvgIpc) is 3.37. The van der Waals surface area contributed by atoms with Gasteiger partial charge in [0.15, 0.2) is 26.7 Å². The van der Waals surface area contributed by atoms with Crippen LogP contribution in [0.1, 0.15) is 120 Å². The van der Waals surface area contributed by atoms with E-state index in [1.807, 2.05) is 52.6 Å². The Morgan fingerprint density at radius 1 is 0.568 bits per heavy atom. The fourth-order valence-electron chi connectivity index (χ4n) is 6.17.